The number of anilines is 1. The molecule has 1 heterocycles. The molecule has 0 bridgehead atoms. The van der Waals surface area contributed by atoms with Crippen LogP contribution in [0.25, 0.3) is 0 Å². The minimum atomic E-state index is -0.214. The van der Waals surface area contributed by atoms with Crippen LogP contribution in [0.5, 0.6) is 0 Å². The van der Waals surface area contributed by atoms with Gasteiger partial charge in [0.1, 0.15) is 0 Å². The molecule has 1 atom stereocenters. The molecule has 0 saturated carbocycles. The zero-order valence-corrected chi connectivity index (χ0v) is 9.77. The summed E-state index contributed by atoms with van der Waals surface area (Å²) < 4.78 is 0.997. The van der Waals surface area contributed by atoms with Crippen LogP contribution in [0.4, 0.5) is 5.69 Å². The summed E-state index contributed by atoms with van der Waals surface area (Å²) in [6.45, 7) is 0.650. The Hall–Kier alpha value is -0.870. The topological polar surface area (TPSA) is 40.5 Å². The third-order valence-corrected chi connectivity index (χ3v) is 3.20. The maximum atomic E-state index is 11.8. The van der Waals surface area contributed by atoms with E-state index in [9.17, 15) is 4.79 Å². The monoisotopic (exact) mass is 269 g/mol. The van der Waals surface area contributed by atoms with Crippen molar-refractivity contribution >= 4 is 27.5 Å². The highest BCUT2D eigenvalue weighted by atomic mass is 79.9. The van der Waals surface area contributed by atoms with Gasteiger partial charge >= 0.3 is 0 Å². The molecule has 15 heavy (non-hydrogen) atoms. The molecule has 0 radical (unpaired) electrons. The number of rotatable bonds is 2. The van der Waals surface area contributed by atoms with E-state index >= 15 is 0 Å². The average Bonchev–Trinajstić information content (AvgIpc) is 2.61. The van der Waals surface area contributed by atoms with Crippen molar-refractivity contribution in [3.63, 3.8) is 0 Å². The lowest BCUT2D eigenvalue weighted by molar-refractivity contribution is -0.121. The molecular weight excluding hydrogens is 258 g/mol. The molecule has 0 aromatic heterocycles. The van der Waals surface area contributed by atoms with Crippen LogP contribution in [0.3, 0.4) is 0 Å². The van der Waals surface area contributed by atoms with E-state index in [1.807, 2.05) is 24.3 Å². The molecular formula is C11H12BrNO2. The van der Waals surface area contributed by atoms with Gasteiger partial charge in [0, 0.05) is 16.7 Å². The van der Waals surface area contributed by atoms with Crippen LogP contribution in [0.15, 0.2) is 28.7 Å². The van der Waals surface area contributed by atoms with E-state index in [4.69, 9.17) is 5.11 Å². The number of nitrogens with zero attached hydrogens (tertiary/aromatic N) is 1. The highest BCUT2D eigenvalue weighted by Gasteiger charge is 2.31. The van der Waals surface area contributed by atoms with Gasteiger partial charge in [0.2, 0.25) is 5.91 Å². The number of aliphatic hydroxyl groups excluding tert-OH is 1. The van der Waals surface area contributed by atoms with Crippen LogP contribution in [0, 0.1) is 5.92 Å². The first-order valence-corrected chi connectivity index (χ1v) is 5.69. The summed E-state index contributed by atoms with van der Waals surface area (Å²) in [4.78, 5) is 13.5. The van der Waals surface area contributed by atoms with E-state index in [1.165, 1.54) is 0 Å². The van der Waals surface area contributed by atoms with Crippen molar-refractivity contribution in [1.82, 2.24) is 0 Å². The lowest BCUT2D eigenvalue weighted by Gasteiger charge is -2.16. The van der Waals surface area contributed by atoms with Gasteiger partial charge in [0.25, 0.3) is 0 Å². The molecule has 3 nitrogen and oxygen atoms in total. The maximum absolute atomic E-state index is 11.8. The largest absolute Gasteiger partial charge is 0.396 e. The fourth-order valence-corrected chi connectivity index (χ4v) is 2.05. The number of benzene rings is 1. The van der Waals surface area contributed by atoms with Gasteiger partial charge in [0.05, 0.1) is 12.5 Å². The van der Waals surface area contributed by atoms with E-state index in [0.29, 0.717) is 6.54 Å². The fourth-order valence-electron chi connectivity index (χ4n) is 1.79. The third kappa shape index (κ3) is 2.06. The third-order valence-electron chi connectivity index (χ3n) is 2.68. The van der Waals surface area contributed by atoms with Gasteiger partial charge in [-0.15, -0.1) is 0 Å². The molecule has 1 fully saturated rings. The van der Waals surface area contributed by atoms with Gasteiger partial charge in [-0.25, -0.2) is 0 Å². The zero-order valence-electron chi connectivity index (χ0n) is 8.19. The Morgan fingerprint density at radius 2 is 2.07 bits per heavy atom. The molecule has 4 heteroatoms. The Morgan fingerprint density at radius 1 is 1.40 bits per heavy atom. The number of amides is 1. The van der Waals surface area contributed by atoms with Gasteiger partial charge in [-0.05, 0) is 30.7 Å². The van der Waals surface area contributed by atoms with Crippen LogP contribution < -0.4 is 4.90 Å². The first-order chi connectivity index (χ1) is 7.22. The molecule has 2 rings (SSSR count). The highest BCUT2D eigenvalue weighted by Crippen LogP contribution is 2.25. The molecule has 1 aromatic carbocycles. The van der Waals surface area contributed by atoms with Crippen molar-refractivity contribution in [3.8, 4) is 0 Å². The summed E-state index contributed by atoms with van der Waals surface area (Å²) in [5, 5.41) is 8.99. The van der Waals surface area contributed by atoms with Gasteiger partial charge < -0.3 is 10.0 Å². The Bertz CT molecular complexity index is 363. The SMILES string of the molecule is O=C1C(CO)CCN1c1ccc(Br)cc1. The van der Waals surface area contributed by atoms with Crippen LogP contribution in [0.2, 0.25) is 0 Å². The number of halogens is 1. The summed E-state index contributed by atoms with van der Waals surface area (Å²) >= 11 is 3.35. The van der Waals surface area contributed by atoms with E-state index in [2.05, 4.69) is 15.9 Å². The van der Waals surface area contributed by atoms with Crippen molar-refractivity contribution in [2.24, 2.45) is 5.92 Å². The molecule has 80 valence electrons. The molecule has 1 N–H and O–H groups in total. The highest BCUT2D eigenvalue weighted by molar-refractivity contribution is 9.10. The normalized spacial score (nSPS) is 21.1. The molecule has 1 saturated heterocycles. The quantitative estimate of drug-likeness (QED) is 0.890. The van der Waals surface area contributed by atoms with Crippen LogP contribution in [-0.2, 0) is 4.79 Å². The maximum Gasteiger partial charge on any atom is 0.232 e. The lowest BCUT2D eigenvalue weighted by atomic mass is 10.1. The second kappa shape index (κ2) is 4.33. The summed E-state index contributed by atoms with van der Waals surface area (Å²) in [5.41, 5.74) is 0.902. The predicted octanol–water partition coefficient (Wildman–Crippen LogP) is 1.79. The number of aliphatic hydroxyl groups is 1. The summed E-state index contributed by atoms with van der Waals surface area (Å²) in [7, 11) is 0. The molecule has 1 aliphatic rings. The van der Waals surface area contributed by atoms with Gasteiger partial charge in [-0.3, -0.25) is 4.79 Å². The van der Waals surface area contributed by atoms with Gasteiger partial charge in [-0.2, -0.15) is 0 Å². The fraction of sp³-hybridized carbons (Fsp3) is 0.364. The molecule has 1 amide bonds. The summed E-state index contributed by atoms with van der Waals surface area (Å²) in [6, 6.07) is 7.63. The minimum absolute atomic E-state index is 0.0276. The standard InChI is InChI=1S/C11H12BrNO2/c12-9-1-3-10(4-2-9)13-6-5-8(7-14)11(13)15/h1-4,8,14H,5-7H2. The van der Waals surface area contributed by atoms with E-state index in [-0.39, 0.29) is 18.4 Å². The van der Waals surface area contributed by atoms with Gasteiger partial charge in [0.15, 0.2) is 0 Å². The Balaban J connectivity index is 2.19. The van der Waals surface area contributed by atoms with Crippen molar-refractivity contribution in [2.45, 2.75) is 6.42 Å². The van der Waals surface area contributed by atoms with Gasteiger partial charge in [-0.1, -0.05) is 15.9 Å². The second-order valence-electron chi connectivity index (χ2n) is 3.63. The number of carbonyl (C=O) groups excluding carboxylic acids is 1. The van der Waals surface area contributed by atoms with Crippen molar-refractivity contribution < 1.29 is 9.90 Å². The van der Waals surface area contributed by atoms with Crippen molar-refractivity contribution in [2.75, 3.05) is 18.1 Å². The summed E-state index contributed by atoms with van der Waals surface area (Å²) in [5.74, 6) is -0.187. The molecule has 0 aliphatic carbocycles. The smallest absolute Gasteiger partial charge is 0.232 e. The molecule has 1 unspecified atom stereocenters. The second-order valence-corrected chi connectivity index (χ2v) is 4.55. The first-order valence-electron chi connectivity index (χ1n) is 4.90. The van der Waals surface area contributed by atoms with Crippen LogP contribution in [0.1, 0.15) is 6.42 Å². The van der Waals surface area contributed by atoms with E-state index < -0.39 is 0 Å². The first kappa shape index (κ1) is 10.6. The molecule has 0 spiro atoms. The van der Waals surface area contributed by atoms with Crippen LogP contribution in [-0.4, -0.2) is 24.2 Å². The summed E-state index contributed by atoms with van der Waals surface area (Å²) in [6.07, 6.45) is 0.741. The number of hydrogen-bond acceptors (Lipinski definition) is 2. The predicted molar refractivity (Wildman–Crippen MR) is 61.7 cm³/mol. The Kier molecular flexibility index (Phi) is 3.07. The average molecular weight is 270 g/mol. The number of carbonyl (C=O) groups is 1. The molecule has 1 aliphatic heterocycles. The van der Waals surface area contributed by atoms with Crippen molar-refractivity contribution in [3.05, 3.63) is 28.7 Å². The minimum Gasteiger partial charge on any atom is -0.396 e. The number of hydrogen-bond donors (Lipinski definition) is 1. The molecule has 1 aromatic rings. The Labute approximate surface area is 96.8 Å². The van der Waals surface area contributed by atoms with E-state index in [1.54, 1.807) is 4.90 Å². The Morgan fingerprint density at radius 3 is 2.60 bits per heavy atom. The van der Waals surface area contributed by atoms with Crippen molar-refractivity contribution in [1.29, 1.82) is 0 Å². The van der Waals surface area contributed by atoms with E-state index in [0.717, 1.165) is 16.6 Å². The van der Waals surface area contributed by atoms with Crippen LogP contribution >= 0.6 is 15.9 Å². The zero-order chi connectivity index (χ0) is 10.8. The lowest BCUT2D eigenvalue weighted by Crippen LogP contribution is -2.28.